The summed E-state index contributed by atoms with van der Waals surface area (Å²) in [6.07, 6.45) is 2.33. The molecule has 2 rings (SSSR count). The van der Waals surface area contributed by atoms with Gasteiger partial charge in [-0.1, -0.05) is 18.2 Å². The summed E-state index contributed by atoms with van der Waals surface area (Å²) < 4.78 is 26.1. The molecule has 2 aromatic rings. The molecule has 0 radical (unpaired) electrons. The van der Waals surface area contributed by atoms with Crippen LogP contribution in [-0.2, 0) is 12.8 Å². The molecular weight excluding hydrogens is 314 g/mol. The molecule has 0 saturated carbocycles. The Hall–Kier alpha value is -2.34. The third-order valence-corrected chi connectivity index (χ3v) is 3.81. The minimum absolute atomic E-state index is 0.0945. The maximum Gasteiger partial charge on any atom is 0.269 e. The van der Waals surface area contributed by atoms with Crippen molar-refractivity contribution >= 4 is 5.69 Å². The van der Waals surface area contributed by atoms with Crippen LogP contribution in [0.15, 0.2) is 42.5 Å². The van der Waals surface area contributed by atoms with Crippen LogP contribution in [0.1, 0.15) is 24.5 Å². The largest absolute Gasteiger partial charge is 0.314 e. The molecule has 1 atom stereocenters. The van der Waals surface area contributed by atoms with Crippen LogP contribution in [0.5, 0.6) is 0 Å². The molecule has 4 nitrogen and oxygen atoms in total. The molecule has 0 spiro atoms. The minimum atomic E-state index is -0.831. The van der Waals surface area contributed by atoms with E-state index in [1.165, 1.54) is 18.2 Å². The van der Waals surface area contributed by atoms with Gasteiger partial charge in [-0.3, -0.25) is 10.1 Å². The van der Waals surface area contributed by atoms with Gasteiger partial charge >= 0.3 is 0 Å². The van der Waals surface area contributed by atoms with Crippen LogP contribution >= 0.6 is 0 Å². The first-order valence-corrected chi connectivity index (χ1v) is 7.86. The van der Waals surface area contributed by atoms with Gasteiger partial charge in [0.05, 0.1) is 4.92 Å². The molecule has 0 aliphatic carbocycles. The van der Waals surface area contributed by atoms with Crippen molar-refractivity contribution in [3.05, 3.63) is 75.3 Å². The van der Waals surface area contributed by atoms with Crippen molar-refractivity contribution in [2.45, 2.75) is 32.2 Å². The normalized spacial score (nSPS) is 12.1. The van der Waals surface area contributed by atoms with E-state index in [1.54, 1.807) is 18.2 Å². The van der Waals surface area contributed by atoms with Gasteiger partial charge in [-0.05, 0) is 56.0 Å². The number of halogens is 2. The van der Waals surface area contributed by atoms with Crippen LogP contribution in [-0.4, -0.2) is 17.5 Å². The van der Waals surface area contributed by atoms with E-state index in [0.717, 1.165) is 36.6 Å². The van der Waals surface area contributed by atoms with Gasteiger partial charge in [0, 0.05) is 18.2 Å². The molecule has 0 aromatic heterocycles. The fourth-order valence-electron chi connectivity index (χ4n) is 2.52. The predicted octanol–water partition coefficient (Wildman–Crippen LogP) is 4.03. The van der Waals surface area contributed by atoms with E-state index in [0.29, 0.717) is 6.42 Å². The average Bonchev–Trinajstić information content (AvgIpc) is 2.55. The van der Waals surface area contributed by atoms with E-state index in [1.807, 2.05) is 6.92 Å². The molecule has 0 saturated heterocycles. The Kier molecular flexibility index (Phi) is 6.37. The summed E-state index contributed by atoms with van der Waals surface area (Å²) in [6.45, 7) is 2.77. The van der Waals surface area contributed by atoms with Crippen molar-refractivity contribution in [1.82, 2.24) is 5.32 Å². The second kappa shape index (κ2) is 8.49. The lowest BCUT2D eigenvalue weighted by molar-refractivity contribution is -0.384. The van der Waals surface area contributed by atoms with Gasteiger partial charge in [-0.25, -0.2) is 8.78 Å². The number of nitro groups is 1. The van der Waals surface area contributed by atoms with Gasteiger partial charge in [0.2, 0.25) is 0 Å². The fourth-order valence-corrected chi connectivity index (χ4v) is 2.52. The maximum absolute atomic E-state index is 13.2. The number of aryl methyl sites for hydroxylation is 1. The number of nitrogens with zero attached hydrogens (tertiary/aromatic N) is 1. The highest BCUT2D eigenvalue weighted by atomic mass is 19.2. The third-order valence-electron chi connectivity index (χ3n) is 3.81. The summed E-state index contributed by atoms with van der Waals surface area (Å²) >= 11 is 0. The van der Waals surface area contributed by atoms with Crippen molar-refractivity contribution in [3.8, 4) is 0 Å². The molecule has 0 amide bonds. The van der Waals surface area contributed by atoms with E-state index in [4.69, 9.17) is 0 Å². The SMILES string of the molecule is CC(Cc1ccc(F)c(F)c1)NCCCc1ccc([N+](=O)[O-])cc1. The molecule has 0 heterocycles. The van der Waals surface area contributed by atoms with Gasteiger partial charge < -0.3 is 5.32 Å². The van der Waals surface area contributed by atoms with Crippen LogP contribution in [0.2, 0.25) is 0 Å². The molecule has 24 heavy (non-hydrogen) atoms. The molecule has 0 fully saturated rings. The zero-order valence-electron chi connectivity index (χ0n) is 13.5. The van der Waals surface area contributed by atoms with Gasteiger partial charge in [0.1, 0.15) is 0 Å². The summed E-state index contributed by atoms with van der Waals surface area (Å²) in [5.41, 5.74) is 1.90. The maximum atomic E-state index is 13.2. The molecule has 6 heteroatoms. The number of nitrogens with one attached hydrogen (secondary N) is 1. The molecule has 0 bridgehead atoms. The second-order valence-corrected chi connectivity index (χ2v) is 5.83. The second-order valence-electron chi connectivity index (χ2n) is 5.83. The topological polar surface area (TPSA) is 55.2 Å². The average molecular weight is 334 g/mol. The quantitative estimate of drug-likeness (QED) is 0.450. The van der Waals surface area contributed by atoms with Crippen molar-refractivity contribution < 1.29 is 13.7 Å². The lowest BCUT2D eigenvalue weighted by atomic mass is 10.1. The number of non-ortho nitro benzene ring substituents is 1. The Bertz CT molecular complexity index is 690. The summed E-state index contributed by atoms with van der Waals surface area (Å²) in [4.78, 5) is 10.2. The van der Waals surface area contributed by atoms with E-state index < -0.39 is 16.6 Å². The van der Waals surface area contributed by atoms with Gasteiger partial charge in [-0.2, -0.15) is 0 Å². The number of benzene rings is 2. The Morgan fingerprint density at radius 1 is 1.08 bits per heavy atom. The monoisotopic (exact) mass is 334 g/mol. The Morgan fingerprint density at radius 2 is 1.75 bits per heavy atom. The highest BCUT2D eigenvalue weighted by Gasteiger charge is 2.07. The van der Waals surface area contributed by atoms with E-state index in [9.17, 15) is 18.9 Å². The first kappa shape index (κ1) is 18.0. The molecule has 1 unspecified atom stereocenters. The Labute approximate surface area is 139 Å². The number of rotatable bonds is 8. The van der Waals surface area contributed by atoms with Gasteiger partial charge in [-0.15, -0.1) is 0 Å². The molecule has 0 aliphatic rings. The van der Waals surface area contributed by atoms with E-state index >= 15 is 0 Å². The fraction of sp³-hybridized carbons (Fsp3) is 0.333. The highest BCUT2D eigenvalue weighted by molar-refractivity contribution is 5.32. The Morgan fingerprint density at radius 3 is 2.38 bits per heavy atom. The van der Waals surface area contributed by atoms with Crippen LogP contribution < -0.4 is 5.32 Å². The van der Waals surface area contributed by atoms with Crippen molar-refractivity contribution in [2.24, 2.45) is 0 Å². The summed E-state index contributed by atoms with van der Waals surface area (Å²) in [5.74, 6) is -1.65. The Balaban J connectivity index is 1.71. The minimum Gasteiger partial charge on any atom is -0.314 e. The number of nitro benzene ring substituents is 1. The van der Waals surface area contributed by atoms with Gasteiger partial charge in [0.15, 0.2) is 11.6 Å². The van der Waals surface area contributed by atoms with Crippen molar-refractivity contribution in [3.63, 3.8) is 0 Å². The molecule has 2 aromatic carbocycles. The summed E-state index contributed by atoms with van der Waals surface area (Å²) in [6, 6.07) is 10.7. The van der Waals surface area contributed by atoms with Crippen molar-refractivity contribution in [2.75, 3.05) is 6.54 Å². The smallest absolute Gasteiger partial charge is 0.269 e. The lowest BCUT2D eigenvalue weighted by Gasteiger charge is -2.14. The first-order chi connectivity index (χ1) is 11.5. The molecular formula is C18H20F2N2O2. The van der Waals surface area contributed by atoms with E-state index in [2.05, 4.69) is 5.32 Å². The van der Waals surface area contributed by atoms with Crippen LogP contribution in [0, 0.1) is 21.7 Å². The molecule has 0 aliphatic heterocycles. The first-order valence-electron chi connectivity index (χ1n) is 7.86. The standard InChI is InChI=1S/C18H20F2N2O2/c1-13(11-15-6-9-17(19)18(20)12-15)21-10-2-3-14-4-7-16(8-5-14)22(23)24/h4-9,12-13,21H,2-3,10-11H2,1H3. The molecule has 1 N–H and O–H groups in total. The van der Waals surface area contributed by atoms with Crippen LogP contribution in [0.3, 0.4) is 0 Å². The number of hydrogen-bond acceptors (Lipinski definition) is 3. The third kappa shape index (κ3) is 5.38. The zero-order valence-corrected chi connectivity index (χ0v) is 13.5. The highest BCUT2D eigenvalue weighted by Crippen LogP contribution is 2.13. The van der Waals surface area contributed by atoms with Crippen LogP contribution in [0.4, 0.5) is 14.5 Å². The zero-order chi connectivity index (χ0) is 17.5. The molecule has 128 valence electrons. The summed E-state index contributed by atoms with van der Waals surface area (Å²) in [7, 11) is 0. The van der Waals surface area contributed by atoms with Crippen LogP contribution in [0.25, 0.3) is 0 Å². The predicted molar refractivity (Wildman–Crippen MR) is 88.9 cm³/mol. The van der Waals surface area contributed by atoms with Gasteiger partial charge in [0.25, 0.3) is 5.69 Å². The van der Waals surface area contributed by atoms with E-state index in [-0.39, 0.29) is 11.7 Å². The summed E-state index contributed by atoms with van der Waals surface area (Å²) in [5, 5.41) is 13.9. The lowest BCUT2D eigenvalue weighted by Crippen LogP contribution is -2.29. The van der Waals surface area contributed by atoms with Crippen molar-refractivity contribution in [1.29, 1.82) is 0 Å². The number of hydrogen-bond donors (Lipinski definition) is 1.